The van der Waals surface area contributed by atoms with Crippen LogP contribution in [-0.4, -0.2) is 48.2 Å². The van der Waals surface area contributed by atoms with E-state index in [0.29, 0.717) is 26.1 Å². The van der Waals surface area contributed by atoms with E-state index in [2.05, 4.69) is 5.16 Å². The smallest absolute Gasteiger partial charge is 0.236 e. The average Bonchev–Trinajstić information content (AvgIpc) is 2.54. The van der Waals surface area contributed by atoms with Crippen molar-refractivity contribution in [3.05, 3.63) is 0 Å². The summed E-state index contributed by atoms with van der Waals surface area (Å²) in [5.74, 6) is 0.0699. The highest BCUT2D eigenvalue weighted by atomic mass is 16.5. The Balaban J connectivity index is 2.17. The molecule has 0 bridgehead atoms. The molecule has 3 N–H and O–H groups in total. The molecule has 6 nitrogen and oxygen atoms in total. The van der Waals surface area contributed by atoms with Crippen LogP contribution in [0.3, 0.4) is 0 Å². The van der Waals surface area contributed by atoms with Crippen molar-refractivity contribution in [2.75, 3.05) is 20.3 Å². The summed E-state index contributed by atoms with van der Waals surface area (Å²) >= 11 is 0. The second-order valence-corrected chi connectivity index (χ2v) is 5.89. The van der Waals surface area contributed by atoms with Gasteiger partial charge in [0.1, 0.15) is 5.41 Å². The highest BCUT2D eigenvalue weighted by Gasteiger charge is 2.46. The minimum atomic E-state index is -0.806. The van der Waals surface area contributed by atoms with E-state index in [0.717, 1.165) is 32.1 Å². The molecule has 0 radical (unpaired) electrons. The summed E-state index contributed by atoms with van der Waals surface area (Å²) < 4.78 is 5.34. The van der Waals surface area contributed by atoms with Gasteiger partial charge in [-0.15, -0.1) is 0 Å². The van der Waals surface area contributed by atoms with E-state index >= 15 is 0 Å². The number of oxime groups is 1. The second-order valence-electron chi connectivity index (χ2n) is 5.89. The SMILES string of the molecule is CN(C(=O)C1(C(N)=NO)CCCCC1)C1CCOCC1. The predicted octanol–water partition coefficient (Wildman–Crippen LogP) is 1.32. The van der Waals surface area contributed by atoms with Crippen LogP contribution in [0.15, 0.2) is 5.16 Å². The van der Waals surface area contributed by atoms with Crippen molar-refractivity contribution in [2.45, 2.75) is 51.0 Å². The van der Waals surface area contributed by atoms with E-state index < -0.39 is 5.41 Å². The fraction of sp³-hybridized carbons (Fsp3) is 0.857. The lowest BCUT2D eigenvalue weighted by atomic mass is 9.72. The molecule has 1 aliphatic heterocycles. The molecule has 1 aliphatic carbocycles. The fourth-order valence-electron chi connectivity index (χ4n) is 3.41. The number of hydrogen-bond donors (Lipinski definition) is 2. The topological polar surface area (TPSA) is 88.2 Å². The maximum atomic E-state index is 12.9. The van der Waals surface area contributed by atoms with Gasteiger partial charge in [-0.05, 0) is 25.7 Å². The molecule has 1 amide bonds. The Morgan fingerprint density at radius 1 is 1.30 bits per heavy atom. The van der Waals surface area contributed by atoms with Gasteiger partial charge in [-0.25, -0.2) is 0 Å². The first-order chi connectivity index (χ1) is 9.62. The Labute approximate surface area is 119 Å². The third-order valence-electron chi connectivity index (χ3n) is 4.77. The number of carbonyl (C=O) groups is 1. The van der Waals surface area contributed by atoms with Crippen molar-refractivity contribution < 1.29 is 14.7 Å². The van der Waals surface area contributed by atoms with Crippen molar-refractivity contribution >= 4 is 11.7 Å². The van der Waals surface area contributed by atoms with Crippen molar-refractivity contribution in [1.82, 2.24) is 4.90 Å². The van der Waals surface area contributed by atoms with Gasteiger partial charge in [0.05, 0.1) is 0 Å². The van der Waals surface area contributed by atoms with Gasteiger partial charge in [-0.1, -0.05) is 24.4 Å². The van der Waals surface area contributed by atoms with Crippen LogP contribution in [0.25, 0.3) is 0 Å². The van der Waals surface area contributed by atoms with Crippen molar-refractivity contribution in [2.24, 2.45) is 16.3 Å². The number of hydrogen-bond acceptors (Lipinski definition) is 4. The van der Waals surface area contributed by atoms with Crippen molar-refractivity contribution in [1.29, 1.82) is 0 Å². The van der Waals surface area contributed by atoms with Gasteiger partial charge in [-0.3, -0.25) is 4.79 Å². The molecule has 2 aliphatic rings. The van der Waals surface area contributed by atoms with Crippen LogP contribution in [0.5, 0.6) is 0 Å². The van der Waals surface area contributed by atoms with Crippen LogP contribution in [0, 0.1) is 5.41 Å². The highest BCUT2D eigenvalue weighted by Crippen LogP contribution is 2.39. The number of nitrogens with zero attached hydrogens (tertiary/aromatic N) is 2. The van der Waals surface area contributed by atoms with Gasteiger partial charge in [-0.2, -0.15) is 0 Å². The summed E-state index contributed by atoms with van der Waals surface area (Å²) in [6.45, 7) is 1.39. The van der Waals surface area contributed by atoms with Gasteiger partial charge < -0.3 is 20.6 Å². The lowest BCUT2D eigenvalue weighted by Crippen LogP contribution is -2.54. The number of ether oxygens (including phenoxy) is 1. The maximum absolute atomic E-state index is 12.9. The van der Waals surface area contributed by atoms with Gasteiger partial charge in [0, 0.05) is 26.3 Å². The molecule has 0 atom stereocenters. The molecule has 0 unspecified atom stereocenters. The third kappa shape index (κ3) is 2.75. The number of nitrogens with two attached hydrogens (primary N) is 1. The van der Waals surface area contributed by atoms with Gasteiger partial charge in [0.15, 0.2) is 5.84 Å². The Hall–Kier alpha value is -1.30. The monoisotopic (exact) mass is 283 g/mol. The molecule has 0 spiro atoms. The molecule has 0 aromatic heterocycles. The van der Waals surface area contributed by atoms with Crippen LogP contribution in [0.2, 0.25) is 0 Å². The van der Waals surface area contributed by atoms with Crippen LogP contribution in [0.4, 0.5) is 0 Å². The van der Waals surface area contributed by atoms with Crippen molar-refractivity contribution in [3.8, 4) is 0 Å². The molecule has 2 fully saturated rings. The Kier molecular flexibility index (Phi) is 4.86. The lowest BCUT2D eigenvalue weighted by molar-refractivity contribution is -0.142. The zero-order chi connectivity index (χ0) is 14.6. The highest BCUT2D eigenvalue weighted by molar-refractivity contribution is 6.06. The van der Waals surface area contributed by atoms with Gasteiger partial charge in [0.2, 0.25) is 5.91 Å². The fourth-order valence-corrected chi connectivity index (χ4v) is 3.41. The number of amides is 1. The summed E-state index contributed by atoms with van der Waals surface area (Å²) in [4.78, 5) is 14.7. The summed E-state index contributed by atoms with van der Waals surface area (Å²) in [5, 5.41) is 12.2. The lowest BCUT2D eigenvalue weighted by Gasteiger charge is -2.41. The normalized spacial score (nSPS) is 24.4. The van der Waals surface area contributed by atoms with Crippen molar-refractivity contribution in [3.63, 3.8) is 0 Å². The number of rotatable bonds is 3. The van der Waals surface area contributed by atoms with Gasteiger partial charge in [0.25, 0.3) is 0 Å². The summed E-state index contributed by atoms with van der Waals surface area (Å²) in [5.41, 5.74) is 5.07. The predicted molar refractivity (Wildman–Crippen MR) is 75.5 cm³/mol. The first-order valence-corrected chi connectivity index (χ1v) is 7.45. The molecule has 2 rings (SSSR count). The molecular formula is C14H25N3O3. The zero-order valence-electron chi connectivity index (χ0n) is 12.2. The molecule has 1 saturated heterocycles. The van der Waals surface area contributed by atoms with Crippen LogP contribution in [0.1, 0.15) is 44.9 Å². The number of amidine groups is 1. The molecule has 1 heterocycles. The van der Waals surface area contributed by atoms with E-state index in [-0.39, 0.29) is 17.8 Å². The van der Waals surface area contributed by atoms with Gasteiger partial charge >= 0.3 is 0 Å². The van der Waals surface area contributed by atoms with E-state index in [1.54, 1.807) is 4.90 Å². The van der Waals surface area contributed by atoms with Crippen LogP contribution in [-0.2, 0) is 9.53 Å². The third-order valence-corrected chi connectivity index (χ3v) is 4.77. The first kappa shape index (κ1) is 15.1. The summed E-state index contributed by atoms with van der Waals surface area (Å²) in [6, 6.07) is 0.196. The molecule has 6 heteroatoms. The van der Waals surface area contributed by atoms with E-state index in [9.17, 15) is 4.79 Å². The second kappa shape index (κ2) is 6.43. The molecule has 1 saturated carbocycles. The van der Waals surface area contributed by atoms with Crippen LogP contribution < -0.4 is 5.73 Å². The van der Waals surface area contributed by atoms with E-state index in [4.69, 9.17) is 15.7 Å². The standard InChI is InChI=1S/C14H25N3O3/c1-17(11-5-9-20-10-6-11)13(18)14(12(15)16-19)7-3-2-4-8-14/h11,19H,2-10H2,1H3,(H2,15,16). The minimum absolute atomic E-state index is 0.000556. The molecule has 114 valence electrons. The maximum Gasteiger partial charge on any atom is 0.236 e. The Morgan fingerprint density at radius 3 is 2.45 bits per heavy atom. The Morgan fingerprint density at radius 2 is 1.90 bits per heavy atom. The summed E-state index contributed by atoms with van der Waals surface area (Å²) in [6.07, 6.45) is 6.06. The quantitative estimate of drug-likeness (QED) is 0.354. The zero-order valence-corrected chi connectivity index (χ0v) is 12.2. The van der Waals surface area contributed by atoms with Crippen LogP contribution >= 0.6 is 0 Å². The summed E-state index contributed by atoms with van der Waals surface area (Å²) in [7, 11) is 1.83. The molecular weight excluding hydrogens is 258 g/mol. The largest absolute Gasteiger partial charge is 0.409 e. The molecule has 20 heavy (non-hydrogen) atoms. The average molecular weight is 283 g/mol. The number of carbonyl (C=O) groups excluding carboxylic acids is 1. The molecule has 0 aromatic rings. The Bertz CT molecular complexity index is 372. The van der Waals surface area contributed by atoms with E-state index in [1.807, 2.05) is 7.05 Å². The minimum Gasteiger partial charge on any atom is -0.409 e. The van der Waals surface area contributed by atoms with E-state index in [1.165, 1.54) is 0 Å². The first-order valence-electron chi connectivity index (χ1n) is 7.45. The molecule has 0 aromatic carbocycles.